The lowest BCUT2D eigenvalue weighted by Crippen LogP contribution is -1.78. The number of pyridine rings is 2. The summed E-state index contributed by atoms with van der Waals surface area (Å²) in [5.41, 5.74) is 3.44. The Morgan fingerprint density at radius 2 is 1.45 bits per heavy atom. The van der Waals surface area contributed by atoms with Gasteiger partial charge in [-0.15, -0.1) is 0 Å². The third-order valence-electron chi connectivity index (χ3n) is 3.03. The van der Waals surface area contributed by atoms with Gasteiger partial charge in [-0.25, -0.2) is 9.97 Å². The maximum Gasteiger partial charge on any atom is 0.127 e. The number of aryl methyl sites for hydroxylation is 1. The van der Waals surface area contributed by atoms with Crippen LogP contribution in [0.4, 0.5) is 0 Å². The van der Waals surface area contributed by atoms with Gasteiger partial charge in [0.15, 0.2) is 0 Å². The van der Waals surface area contributed by atoms with Crippen LogP contribution in [0.1, 0.15) is 5.69 Å². The number of rotatable bonds is 0. The average molecular weight is 376 g/mol. The maximum atomic E-state index is 4.16. The van der Waals surface area contributed by atoms with E-state index in [-0.39, 0.29) is 0 Å². The molecule has 5 heteroatoms. The smallest absolute Gasteiger partial charge is 0.127 e. The van der Waals surface area contributed by atoms with Gasteiger partial charge in [-0.2, -0.15) is 0 Å². The Hall–Kier alpha value is -1.89. The molecule has 4 heterocycles. The lowest BCUT2D eigenvalue weighted by Gasteiger charge is -1.89. The number of hydrogen-bond donors (Lipinski definition) is 0. The Morgan fingerprint density at radius 3 is 2.10 bits per heavy atom. The highest BCUT2D eigenvalue weighted by Gasteiger charge is 1.96. The van der Waals surface area contributed by atoms with Crippen molar-refractivity contribution < 1.29 is 0 Å². The molecule has 0 fully saturated rings. The van der Waals surface area contributed by atoms with Gasteiger partial charge in [0.05, 0.1) is 23.1 Å². The second-order valence-corrected chi connectivity index (χ2v) is 5.37. The fraction of sp³-hybridized carbons (Fsp3) is 0.0667. The standard InChI is InChI=1S/C8H8N2.C7H5IN2/c1-7-8-4-2-3-5-10(8)6-9-7;8-7-6-3-1-2-4-10(6)5-9-7/h2-6H,1H3;1-5H. The minimum Gasteiger partial charge on any atom is -0.306 e. The fourth-order valence-corrected chi connectivity index (χ4v) is 2.57. The van der Waals surface area contributed by atoms with Crippen molar-refractivity contribution in [3.05, 3.63) is 70.8 Å². The zero-order chi connectivity index (χ0) is 13.9. The van der Waals surface area contributed by atoms with Crippen molar-refractivity contribution in [1.82, 2.24) is 18.8 Å². The quantitative estimate of drug-likeness (QED) is 0.440. The molecule has 0 aliphatic carbocycles. The van der Waals surface area contributed by atoms with Gasteiger partial charge in [-0.1, -0.05) is 12.1 Å². The predicted molar refractivity (Wildman–Crippen MR) is 87.8 cm³/mol. The van der Waals surface area contributed by atoms with Crippen LogP contribution < -0.4 is 0 Å². The molecule has 0 amide bonds. The van der Waals surface area contributed by atoms with E-state index >= 15 is 0 Å². The van der Waals surface area contributed by atoms with Gasteiger partial charge < -0.3 is 8.80 Å². The third kappa shape index (κ3) is 2.53. The van der Waals surface area contributed by atoms with Crippen molar-refractivity contribution in [2.75, 3.05) is 0 Å². The van der Waals surface area contributed by atoms with Gasteiger partial charge >= 0.3 is 0 Å². The highest BCUT2D eigenvalue weighted by atomic mass is 127. The summed E-state index contributed by atoms with van der Waals surface area (Å²) < 4.78 is 5.06. The van der Waals surface area contributed by atoms with Crippen LogP contribution in [0.25, 0.3) is 11.0 Å². The fourth-order valence-electron chi connectivity index (χ4n) is 1.99. The topological polar surface area (TPSA) is 34.6 Å². The molecule has 4 aromatic rings. The second-order valence-electron chi connectivity index (χ2n) is 4.35. The first-order valence-corrected chi connectivity index (χ1v) is 7.29. The van der Waals surface area contributed by atoms with Gasteiger partial charge in [0, 0.05) is 12.4 Å². The normalized spacial score (nSPS) is 10.5. The molecule has 0 unspecified atom stereocenters. The molecule has 0 aliphatic rings. The molecule has 0 saturated carbocycles. The van der Waals surface area contributed by atoms with E-state index in [9.17, 15) is 0 Å². The summed E-state index contributed by atoms with van der Waals surface area (Å²) in [6.07, 6.45) is 7.63. The Labute approximate surface area is 130 Å². The summed E-state index contributed by atoms with van der Waals surface area (Å²) in [6.45, 7) is 2.01. The largest absolute Gasteiger partial charge is 0.306 e. The molecule has 0 aliphatic heterocycles. The molecule has 0 atom stereocenters. The highest BCUT2D eigenvalue weighted by molar-refractivity contribution is 14.1. The number of fused-ring (bicyclic) bond motifs is 2. The van der Waals surface area contributed by atoms with Crippen molar-refractivity contribution in [1.29, 1.82) is 0 Å². The highest BCUT2D eigenvalue weighted by Crippen LogP contribution is 2.10. The maximum absolute atomic E-state index is 4.16. The van der Waals surface area contributed by atoms with Crippen LogP contribution in [-0.2, 0) is 0 Å². The molecule has 0 N–H and O–H groups in total. The van der Waals surface area contributed by atoms with Crippen LogP contribution in [-0.4, -0.2) is 18.8 Å². The molecule has 0 saturated heterocycles. The molecular formula is C15H13IN4. The van der Waals surface area contributed by atoms with E-state index in [1.165, 1.54) is 11.0 Å². The van der Waals surface area contributed by atoms with E-state index in [0.29, 0.717) is 0 Å². The van der Waals surface area contributed by atoms with E-state index in [1.807, 2.05) is 65.0 Å². The molecule has 0 radical (unpaired) electrons. The average Bonchev–Trinajstić information content (AvgIpc) is 3.05. The Kier molecular flexibility index (Phi) is 3.68. The first kappa shape index (κ1) is 13.1. The Balaban J connectivity index is 0.000000121. The Morgan fingerprint density at radius 1 is 0.850 bits per heavy atom. The number of aromatic nitrogens is 4. The summed E-state index contributed by atoms with van der Waals surface area (Å²) in [7, 11) is 0. The molecule has 0 aromatic carbocycles. The first-order chi connectivity index (χ1) is 9.75. The van der Waals surface area contributed by atoms with Crippen molar-refractivity contribution in [2.24, 2.45) is 0 Å². The lowest BCUT2D eigenvalue weighted by atomic mass is 10.3. The van der Waals surface area contributed by atoms with Crippen LogP contribution in [0, 0.1) is 10.6 Å². The van der Waals surface area contributed by atoms with Gasteiger partial charge in [0.1, 0.15) is 10.0 Å². The lowest BCUT2D eigenvalue weighted by molar-refractivity contribution is 1.15. The second kappa shape index (κ2) is 5.62. The number of halogens is 1. The van der Waals surface area contributed by atoms with Gasteiger partial charge in [-0.05, 0) is 53.8 Å². The number of hydrogen-bond acceptors (Lipinski definition) is 2. The van der Waals surface area contributed by atoms with Crippen LogP contribution in [0.2, 0.25) is 0 Å². The van der Waals surface area contributed by atoms with Crippen LogP contribution in [0.3, 0.4) is 0 Å². The van der Waals surface area contributed by atoms with Gasteiger partial charge in [0.25, 0.3) is 0 Å². The van der Waals surface area contributed by atoms with Crippen molar-refractivity contribution in [3.63, 3.8) is 0 Å². The molecular weight excluding hydrogens is 363 g/mol. The van der Waals surface area contributed by atoms with Crippen molar-refractivity contribution >= 4 is 33.6 Å². The third-order valence-corrected chi connectivity index (χ3v) is 3.86. The molecule has 20 heavy (non-hydrogen) atoms. The SMILES string of the molecule is Cc1ncn2ccccc12.Ic1ncn2ccccc12. The molecule has 4 nitrogen and oxygen atoms in total. The van der Waals surface area contributed by atoms with Gasteiger partial charge in [-0.3, -0.25) is 0 Å². The summed E-state index contributed by atoms with van der Waals surface area (Å²) in [6, 6.07) is 12.1. The van der Waals surface area contributed by atoms with E-state index < -0.39 is 0 Å². The van der Waals surface area contributed by atoms with E-state index in [2.05, 4.69) is 44.7 Å². The van der Waals surface area contributed by atoms with Crippen LogP contribution in [0.15, 0.2) is 61.4 Å². The molecule has 0 bridgehead atoms. The zero-order valence-corrected chi connectivity index (χ0v) is 13.1. The first-order valence-electron chi connectivity index (χ1n) is 6.21. The summed E-state index contributed by atoms with van der Waals surface area (Å²) in [5.74, 6) is 0. The zero-order valence-electron chi connectivity index (χ0n) is 10.9. The molecule has 4 aromatic heterocycles. The predicted octanol–water partition coefficient (Wildman–Crippen LogP) is 3.58. The minimum atomic E-state index is 1.05. The Bertz CT molecular complexity index is 775. The number of nitrogens with zero attached hydrogens (tertiary/aromatic N) is 4. The summed E-state index contributed by atoms with van der Waals surface area (Å²) >= 11 is 2.22. The van der Waals surface area contributed by atoms with E-state index in [0.717, 1.165) is 9.39 Å². The number of imidazole rings is 2. The van der Waals surface area contributed by atoms with Crippen LogP contribution >= 0.6 is 22.6 Å². The van der Waals surface area contributed by atoms with E-state index in [4.69, 9.17) is 0 Å². The van der Waals surface area contributed by atoms with Crippen molar-refractivity contribution in [3.8, 4) is 0 Å². The molecule has 4 rings (SSSR count). The van der Waals surface area contributed by atoms with Crippen molar-refractivity contribution in [2.45, 2.75) is 6.92 Å². The summed E-state index contributed by atoms with van der Waals surface area (Å²) in [5, 5.41) is 0. The molecule has 0 spiro atoms. The van der Waals surface area contributed by atoms with Gasteiger partial charge in [0.2, 0.25) is 0 Å². The molecule has 100 valence electrons. The van der Waals surface area contributed by atoms with E-state index in [1.54, 1.807) is 0 Å². The minimum absolute atomic E-state index is 1.05. The monoisotopic (exact) mass is 376 g/mol. The summed E-state index contributed by atoms with van der Waals surface area (Å²) in [4.78, 5) is 8.30. The van der Waals surface area contributed by atoms with Crippen LogP contribution in [0.5, 0.6) is 0 Å².